The Morgan fingerprint density at radius 3 is 2.50 bits per heavy atom. The van der Waals surface area contributed by atoms with Crippen LogP contribution < -0.4 is 0 Å². The van der Waals surface area contributed by atoms with Crippen molar-refractivity contribution in [2.45, 2.75) is 27.0 Å². The fourth-order valence-corrected chi connectivity index (χ4v) is 1.75. The summed E-state index contributed by atoms with van der Waals surface area (Å²) in [5, 5.41) is 16.7. The van der Waals surface area contributed by atoms with Gasteiger partial charge in [0.1, 0.15) is 5.69 Å². The number of hydrogen-bond acceptors (Lipinski definition) is 3. The van der Waals surface area contributed by atoms with Gasteiger partial charge in [0.2, 0.25) is 0 Å². The molecule has 0 fully saturated rings. The first-order chi connectivity index (χ1) is 7.70. The maximum atomic E-state index is 8.91. The normalized spacial score (nSPS) is 10.7. The summed E-state index contributed by atoms with van der Waals surface area (Å²) >= 11 is 0. The fraction of sp³-hybridized carbons (Fsp3) is 0.333. The Bertz CT molecular complexity index is 471. The molecule has 0 amide bonds. The molecule has 1 aromatic carbocycles. The summed E-state index contributed by atoms with van der Waals surface area (Å²) in [7, 11) is 0. The highest BCUT2D eigenvalue weighted by Crippen LogP contribution is 2.14. The van der Waals surface area contributed by atoms with Crippen LogP contribution in [0.15, 0.2) is 24.4 Å². The van der Waals surface area contributed by atoms with Gasteiger partial charge in [-0.3, -0.25) is 0 Å². The lowest BCUT2D eigenvalue weighted by Crippen LogP contribution is -2.04. The van der Waals surface area contributed by atoms with E-state index in [0.717, 1.165) is 0 Å². The highest BCUT2D eigenvalue weighted by molar-refractivity contribution is 5.33. The number of aromatic nitrogens is 3. The molecule has 0 atom stereocenters. The van der Waals surface area contributed by atoms with Gasteiger partial charge in [-0.1, -0.05) is 23.4 Å². The maximum Gasteiger partial charge on any atom is 0.108 e. The van der Waals surface area contributed by atoms with Crippen molar-refractivity contribution >= 4 is 0 Å². The molecule has 4 nitrogen and oxygen atoms in total. The van der Waals surface area contributed by atoms with Crippen molar-refractivity contribution in [3.63, 3.8) is 0 Å². The predicted octanol–water partition coefficient (Wildman–Crippen LogP) is 1.44. The third-order valence-corrected chi connectivity index (χ3v) is 2.71. The van der Waals surface area contributed by atoms with Crippen LogP contribution >= 0.6 is 0 Å². The molecule has 0 aliphatic carbocycles. The van der Waals surface area contributed by atoms with E-state index in [2.05, 4.69) is 42.4 Å². The second-order valence-corrected chi connectivity index (χ2v) is 3.94. The van der Waals surface area contributed by atoms with Crippen molar-refractivity contribution in [1.29, 1.82) is 0 Å². The van der Waals surface area contributed by atoms with Crippen LogP contribution in [0.4, 0.5) is 0 Å². The maximum absolute atomic E-state index is 8.91. The lowest BCUT2D eigenvalue weighted by atomic mass is 10.0. The summed E-state index contributed by atoms with van der Waals surface area (Å²) in [6.45, 7) is 4.82. The molecule has 0 unspecified atom stereocenters. The fourth-order valence-electron chi connectivity index (χ4n) is 1.75. The van der Waals surface area contributed by atoms with Crippen molar-refractivity contribution in [2.24, 2.45) is 0 Å². The van der Waals surface area contributed by atoms with Gasteiger partial charge < -0.3 is 5.11 Å². The molecule has 0 aliphatic rings. The van der Waals surface area contributed by atoms with Gasteiger partial charge in [0.05, 0.1) is 19.3 Å². The van der Waals surface area contributed by atoms with E-state index in [4.69, 9.17) is 5.11 Å². The molecule has 0 bridgehead atoms. The molecule has 2 rings (SSSR count). The summed E-state index contributed by atoms with van der Waals surface area (Å²) in [5.41, 5.74) is 4.37. The number of aryl methyl sites for hydroxylation is 2. The summed E-state index contributed by atoms with van der Waals surface area (Å²) in [4.78, 5) is 0. The van der Waals surface area contributed by atoms with Gasteiger partial charge >= 0.3 is 0 Å². The van der Waals surface area contributed by atoms with Crippen LogP contribution in [-0.2, 0) is 13.2 Å². The van der Waals surface area contributed by atoms with E-state index in [9.17, 15) is 0 Å². The molecule has 0 spiro atoms. The second-order valence-electron chi connectivity index (χ2n) is 3.94. The molecule has 0 radical (unpaired) electrons. The van der Waals surface area contributed by atoms with E-state index in [1.54, 1.807) is 10.9 Å². The zero-order chi connectivity index (χ0) is 11.5. The average molecular weight is 217 g/mol. The Kier molecular flexibility index (Phi) is 3.01. The van der Waals surface area contributed by atoms with Crippen LogP contribution in [0.25, 0.3) is 0 Å². The smallest absolute Gasteiger partial charge is 0.108 e. The largest absolute Gasteiger partial charge is 0.390 e. The SMILES string of the molecule is Cc1cccc(C)c1Cn1cc(CO)nn1. The van der Waals surface area contributed by atoms with Gasteiger partial charge in [-0.25, -0.2) is 4.68 Å². The lowest BCUT2D eigenvalue weighted by Gasteiger charge is -2.08. The summed E-state index contributed by atoms with van der Waals surface area (Å²) in [6.07, 6.45) is 1.77. The van der Waals surface area contributed by atoms with Gasteiger partial charge in [0, 0.05) is 0 Å². The summed E-state index contributed by atoms with van der Waals surface area (Å²) in [5.74, 6) is 0. The van der Waals surface area contributed by atoms with E-state index in [1.165, 1.54) is 16.7 Å². The minimum Gasteiger partial charge on any atom is -0.390 e. The molecule has 0 aliphatic heterocycles. The highest BCUT2D eigenvalue weighted by Gasteiger charge is 2.05. The molecule has 1 N–H and O–H groups in total. The zero-order valence-corrected chi connectivity index (χ0v) is 9.51. The van der Waals surface area contributed by atoms with Crippen molar-refractivity contribution in [3.8, 4) is 0 Å². The number of aliphatic hydroxyl groups excluding tert-OH is 1. The van der Waals surface area contributed by atoms with E-state index >= 15 is 0 Å². The first kappa shape index (κ1) is 10.8. The third-order valence-electron chi connectivity index (χ3n) is 2.71. The Balaban J connectivity index is 2.26. The third kappa shape index (κ3) is 2.12. The highest BCUT2D eigenvalue weighted by atomic mass is 16.3. The first-order valence-electron chi connectivity index (χ1n) is 5.25. The first-order valence-corrected chi connectivity index (χ1v) is 5.25. The summed E-state index contributed by atoms with van der Waals surface area (Å²) in [6, 6.07) is 6.23. The predicted molar refractivity (Wildman–Crippen MR) is 61.0 cm³/mol. The molecule has 4 heteroatoms. The number of aliphatic hydroxyl groups is 1. The van der Waals surface area contributed by atoms with Gasteiger partial charge in [0.25, 0.3) is 0 Å². The van der Waals surface area contributed by atoms with Crippen LogP contribution in [0.3, 0.4) is 0 Å². The van der Waals surface area contributed by atoms with Crippen molar-refractivity contribution in [2.75, 3.05) is 0 Å². The Labute approximate surface area is 94.5 Å². The minimum atomic E-state index is -0.0627. The molecule has 16 heavy (non-hydrogen) atoms. The van der Waals surface area contributed by atoms with Gasteiger partial charge in [-0.2, -0.15) is 0 Å². The van der Waals surface area contributed by atoms with Gasteiger partial charge in [-0.05, 0) is 30.5 Å². The number of benzene rings is 1. The van der Waals surface area contributed by atoms with Crippen LogP contribution in [0.1, 0.15) is 22.4 Å². The molecular formula is C12H15N3O. The van der Waals surface area contributed by atoms with E-state index in [-0.39, 0.29) is 6.61 Å². The Hall–Kier alpha value is -1.68. The van der Waals surface area contributed by atoms with E-state index in [1.807, 2.05) is 0 Å². The minimum absolute atomic E-state index is 0.0627. The molecule has 0 saturated heterocycles. The lowest BCUT2D eigenvalue weighted by molar-refractivity contribution is 0.276. The standard InChI is InChI=1S/C12H15N3O/c1-9-4-3-5-10(2)12(9)7-15-6-11(8-16)13-14-15/h3-6,16H,7-8H2,1-2H3. The zero-order valence-electron chi connectivity index (χ0n) is 9.51. The average Bonchev–Trinajstić information content (AvgIpc) is 2.71. The number of nitrogens with zero attached hydrogens (tertiary/aromatic N) is 3. The Morgan fingerprint density at radius 2 is 1.94 bits per heavy atom. The molecule has 0 saturated carbocycles. The van der Waals surface area contributed by atoms with Gasteiger partial charge in [-0.15, -0.1) is 5.10 Å². The van der Waals surface area contributed by atoms with Crippen molar-refractivity contribution < 1.29 is 5.11 Å². The summed E-state index contributed by atoms with van der Waals surface area (Å²) < 4.78 is 1.75. The topological polar surface area (TPSA) is 50.9 Å². The molecule has 2 aromatic rings. The molecular weight excluding hydrogens is 202 g/mol. The monoisotopic (exact) mass is 217 g/mol. The quantitative estimate of drug-likeness (QED) is 0.846. The number of rotatable bonds is 3. The second kappa shape index (κ2) is 4.45. The van der Waals surface area contributed by atoms with Crippen LogP contribution in [0.2, 0.25) is 0 Å². The molecule has 84 valence electrons. The van der Waals surface area contributed by atoms with Crippen molar-refractivity contribution in [1.82, 2.24) is 15.0 Å². The van der Waals surface area contributed by atoms with Crippen molar-refractivity contribution in [3.05, 3.63) is 46.8 Å². The van der Waals surface area contributed by atoms with Crippen LogP contribution in [0.5, 0.6) is 0 Å². The van der Waals surface area contributed by atoms with Crippen LogP contribution in [-0.4, -0.2) is 20.1 Å². The van der Waals surface area contributed by atoms with Crippen LogP contribution in [0, 0.1) is 13.8 Å². The van der Waals surface area contributed by atoms with E-state index < -0.39 is 0 Å². The van der Waals surface area contributed by atoms with E-state index in [0.29, 0.717) is 12.2 Å². The number of hydrogen-bond donors (Lipinski definition) is 1. The molecule has 1 aromatic heterocycles. The molecule has 1 heterocycles. The Morgan fingerprint density at radius 1 is 1.25 bits per heavy atom. The van der Waals surface area contributed by atoms with Gasteiger partial charge in [0.15, 0.2) is 0 Å².